The van der Waals surface area contributed by atoms with E-state index in [0.29, 0.717) is 5.02 Å². The molecule has 0 aliphatic heterocycles. The van der Waals surface area contributed by atoms with Gasteiger partial charge in [-0.1, -0.05) is 36.7 Å². The third-order valence-corrected chi connectivity index (χ3v) is 3.92. The highest BCUT2D eigenvalue weighted by Gasteiger charge is 2.17. The first-order chi connectivity index (χ1) is 10.6. The zero-order valence-electron chi connectivity index (χ0n) is 13.0. The number of rotatable bonds is 4. The minimum atomic E-state index is 0.715. The van der Waals surface area contributed by atoms with Crippen LogP contribution in [0.2, 0.25) is 5.02 Å². The molecule has 4 nitrogen and oxygen atoms in total. The average molecular weight is 315 g/mol. The van der Waals surface area contributed by atoms with Crippen LogP contribution in [0.5, 0.6) is 0 Å². The predicted molar refractivity (Wildman–Crippen MR) is 91.7 cm³/mol. The van der Waals surface area contributed by atoms with E-state index in [4.69, 9.17) is 11.6 Å². The lowest BCUT2D eigenvalue weighted by Gasteiger charge is -2.09. The molecule has 3 aromatic rings. The Hall–Kier alpha value is -2.07. The van der Waals surface area contributed by atoms with Crippen molar-refractivity contribution in [1.82, 2.24) is 14.6 Å². The Morgan fingerprint density at radius 2 is 2.00 bits per heavy atom. The molecule has 0 aliphatic carbocycles. The minimum Gasteiger partial charge on any atom is -0.370 e. The Bertz CT molecular complexity index is 823. The molecule has 0 saturated carbocycles. The monoisotopic (exact) mass is 314 g/mol. The first-order valence-electron chi connectivity index (χ1n) is 7.47. The van der Waals surface area contributed by atoms with E-state index in [1.54, 1.807) is 0 Å². The second-order valence-corrected chi connectivity index (χ2v) is 5.79. The van der Waals surface area contributed by atoms with Gasteiger partial charge in [-0.15, -0.1) is 0 Å². The molecular weight excluding hydrogens is 296 g/mol. The Kier molecular flexibility index (Phi) is 4.03. The van der Waals surface area contributed by atoms with E-state index in [1.165, 1.54) is 0 Å². The predicted octanol–water partition coefficient (Wildman–Crippen LogP) is 4.49. The summed E-state index contributed by atoms with van der Waals surface area (Å²) in [7, 11) is 0. The number of nitrogens with one attached hydrogen (secondary N) is 1. The second-order valence-electron chi connectivity index (χ2n) is 5.39. The number of hydrogen-bond donors (Lipinski definition) is 1. The van der Waals surface area contributed by atoms with Crippen LogP contribution in [0, 0.1) is 13.8 Å². The lowest BCUT2D eigenvalue weighted by Crippen LogP contribution is -2.07. The molecule has 0 radical (unpaired) electrons. The van der Waals surface area contributed by atoms with Gasteiger partial charge in [-0.3, -0.25) is 0 Å². The molecule has 1 N–H and O–H groups in total. The molecule has 0 spiro atoms. The van der Waals surface area contributed by atoms with Crippen molar-refractivity contribution in [2.75, 3.05) is 11.9 Å². The lowest BCUT2D eigenvalue weighted by molar-refractivity contribution is 0.885. The number of anilines is 1. The fourth-order valence-corrected chi connectivity index (χ4v) is 2.83. The van der Waals surface area contributed by atoms with Gasteiger partial charge >= 0.3 is 0 Å². The number of fused-ring (bicyclic) bond motifs is 1. The Balaban J connectivity index is 2.26. The van der Waals surface area contributed by atoms with Crippen LogP contribution in [-0.4, -0.2) is 21.1 Å². The van der Waals surface area contributed by atoms with Gasteiger partial charge in [-0.05, 0) is 26.3 Å². The summed E-state index contributed by atoms with van der Waals surface area (Å²) in [4.78, 5) is 4.68. The van der Waals surface area contributed by atoms with Crippen LogP contribution in [0.3, 0.4) is 0 Å². The van der Waals surface area contributed by atoms with E-state index in [1.807, 2.05) is 48.7 Å². The molecule has 22 heavy (non-hydrogen) atoms. The molecule has 2 aromatic heterocycles. The van der Waals surface area contributed by atoms with Crippen LogP contribution in [0.1, 0.15) is 24.7 Å². The maximum atomic E-state index is 6.37. The largest absolute Gasteiger partial charge is 0.370 e. The third-order valence-electron chi connectivity index (χ3n) is 3.59. The van der Waals surface area contributed by atoms with Crippen LogP contribution < -0.4 is 5.32 Å². The van der Waals surface area contributed by atoms with E-state index >= 15 is 0 Å². The second kappa shape index (κ2) is 5.97. The fourth-order valence-electron chi connectivity index (χ4n) is 2.60. The quantitative estimate of drug-likeness (QED) is 0.771. The molecule has 0 fully saturated rings. The van der Waals surface area contributed by atoms with Crippen molar-refractivity contribution >= 4 is 23.1 Å². The van der Waals surface area contributed by atoms with Crippen molar-refractivity contribution < 1.29 is 0 Å². The van der Waals surface area contributed by atoms with Crippen LogP contribution in [0.15, 0.2) is 30.3 Å². The lowest BCUT2D eigenvalue weighted by atomic mass is 10.1. The molecule has 1 aromatic carbocycles. The zero-order chi connectivity index (χ0) is 15.7. The van der Waals surface area contributed by atoms with Gasteiger partial charge in [0, 0.05) is 28.9 Å². The van der Waals surface area contributed by atoms with E-state index in [9.17, 15) is 0 Å². The van der Waals surface area contributed by atoms with Gasteiger partial charge < -0.3 is 5.32 Å². The summed E-state index contributed by atoms with van der Waals surface area (Å²) >= 11 is 6.37. The molecule has 0 atom stereocenters. The highest BCUT2D eigenvalue weighted by Crippen LogP contribution is 2.33. The minimum absolute atomic E-state index is 0.715. The molecule has 0 saturated heterocycles. The van der Waals surface area contributed by atoms with Crippen molar-refractivity contribution in [2.45, 2.75) is 27.2 Å². The first-order valence-corrected chi connectivity index (χ1v) is 7.85. The van der Waals surface area contributed by atoms with E-state index in [2.05, 4.69) is 22.3 Å². The molecule has 0 unspecified atom stereocenters. The summed E-state index contributed by atoms with van der Waals surface area (Å²) in [6.07, 6.45) is 1.06. The Morgan fingerprint density at radius 1 is 1.23 bits per heavy atom. The summed E-state index contributed by atoms with van der Waals surface area (Å²) in [6, 6.07) is 9.84. The molecule has 5 heteroatoms. The molecule has 0 bridgehead atoms. The number of nitrogens with zero attached hydrogens (tertiary/aromatic N) is 3. The van der Waals surface area contributed by atoms with Crippen molar-refractivity contribution in [3.8, 4) is 11.1 Å². The van der Waals surface area contributed by atoms with E-state index < -0.39 is 0 Å². The van der Waals surface area contributed by atoms with Gasteiger partial charge in [-0.2, -0.15) is 9.61 Å². The highest BCUT2D eigenvalue weighted by atomic mass is 35.5. The van der Waals surface area contributed by atoms with Crippen LogP contribution in [0.25, 0.3) is 16.8 Å². The zero-order valence-corrected chi connectivity index (χ0v) is 13.8. The first kappa shape index (κ1) is 14.9. The summed E-state index contributed by atoms with van der Waals surface area (Å²) in [5.74, 6) is 0.964. The fraction of sp³-hybridized carbons (Fsp3) is 0.294. The van der Waals surface area contributed by atoms with Crippen molar-refractivity contribution in [2.24, 2.45) is 0 Å². The van der Waals surface area contributed by atoms with Crippen LogP contribution in [-0.2, 0) is 0 Å². The number of halogens is 1. The van der Waals surface area contributed by atoms with Gasteiger partial charge in [0.05, 0.1) is 11.3 Å². The van der Waals surface area contributed by atoms with E-state index in [0.717, 1.165) is 46.9 Å². The van der Waals surface area contributed by atoms with Crippen molar-refractivity contribution in [1.29, 1.82) is 0 Å². The third kappa shape index (κ3) is 2.55. The average Bonchev–Trinajstić information content (AvgIpc) is 2.81. The molecule has 2 heterocycles. The van der Waals surface area contributed by atoms with Gasteiger partial charge in [0.2, 0.25) is 0 Å². The number of aryl methyl sites for hydroxylation is 2. The number of aromatic nitrogens is 3. The van der Waals surface area contributed by atoms with Gasteiger partial charge in [0.1, 0.15) is 5.82 Å². The summed E-state index contributed by atoms with van der Waals surface area (Å²) in [5, 5.41) is 8.78. The number of hydrogen-bond acceptors (Lipinski definition) is 3. The van der Waals surface area contributed by atoms with Crippen molar-refractivity contribution in [3.05, 3.63) is 46.7 Å². The highest BCUT2D eigenvalue weighted by molar-refractivity contribution is 6.33. The maximum absolute atomic E-state index is 6.37. The molecular formula is C17H19ClN4. The van der Waals surface area contributed by atoms with Crippen LogP contribution >= 0.6 is 11.6 Å². The SMILES string of the molecule is CCCNc1cc(C)nc2c(-c3ccccc3Cl)c(C)nn12. The molecule has 0 aliphatic rings. The molecule has 3 rings (SSSR count). The topological polar surface area (TPSA) is 42.2 Å². The smallest absolute Gasteiger partial charge is 0.165 e. The normalized spacial score (nSPS) is 11.1. The molecule has 114 valence electrons. The molecule has 0 amide bonds. The van der Waals surface area contributed by atoms with Gasteiger partial charge in [0.25, 0.3) is 0 Å². The van der Waals surface area contributed by atoms with Gasteiger partial charge in [0.15, 0.2) is 5.65 Å². The summed E-state index contributed by atoms with van der Waals surface area (Å²) < 4.78 is 1.87. The summed E-state index contributed by atoms with van der Waals surface area (Å²) in [5.41, 5.74) is 4.68. The van der Waals surface area contributed by atoms with Crippen LogP contribution in [0.4, 0.5) is 5.82 Å². The van der Waals surface area contributed by atoms with Crippen molar-refractivity contribution in [3.63, 3.8) is 0 Å². The Labute approximate surface area is 135 Å². The van der Waals surface area contributed by atoms with E-state index in [-0.39, 0.29) is 0 Å². The van der Waals surface area contributed by atoms with Gasteiger partial charge in [-0.25, -0.2) is 4.98 Å². The maximum Gasteiger partial charge on any atom is 0.165 e. The standard InChI is InChI=1S/C17H19ClN4/c1-4-9-19-15-10-11(2)20-17-16(12(3)21-22(15)17)13-7-5-6-8-14(13)18/h5-8,10,19H,4,9H2,1-3H3. The Morgan fingerprint density at radius 3 is 2.73 bits per heavy atom. The number of benzene rings is 1. The summed E-state index contributed by atoms with van der Waals surface area (Å²) in [6.45, 7) is 7.03.